The van der Waals surface area contributed by atoms with Gasteiger partial charge in [-0.15, -0.1) is 0 Å². The normalized spacial score (nSPS) is 11.8. The van der Waals surface area contributed by atoms with E-state index in [-0.39, 0.29) is 12.2 Å². The maximum absolute atomic E-state index is 12.4. The largest absolute Gasteiger partial charge is 0.469 e. The number of Topliss-reactive ketones (excluding diaryl/α,β-unsaturated/α-hetero) is 1. The molecule has 23 heavy (non-hydrogen) atoms. The maximum atomic E-state index is 12.4. The van der Waals surface area contributed by atoms with E-state index in [1.807, 2.05) is 0 Å². The lowest BCUT2D eigenvalue weighted by Gasteiger charge is -2.16. The minimum Gasteiger partial charge on any atom is -0.469 e. The molecule has 0 aliphatic heterocycles. The molecule has 0 heterocycles. The molecular formula is C17H13Cl3O3. The number of hydrogen-bond acceptors (Lipinski definition) is 3. The Bertz CT molecular complexity index is 726. The summed E-state index contributed by atoms with van der Waals surface area (Å²) in [5, 5.41) is 1.30. The number of esters is 1. The first-order chi connectivity index (χ1) is 10.9. The van der Waals surface area contributed by atoms with Gasteiger partial charge in [0.1, 0.15) is 0 Å². The van der Waals surface area contributed by atoms with Crippen molar-refractivity contribution in [2.75, 3.05) is 7.11 Å². The van der Waals surface area contributed by atoms with Gasteiger partial charge in [-0.25, -0.2) is 0 Å². The minimum atomic E-state index is -0.798. The van der Waals surface area contributed by atoms with Crippen LogP contribution in [-0.2, 0) is 9.53 Å². The van der Waals surface area contributed by atoms with Crippen LogP contribution in [0.5, 0.6) is 0 Å². The Morgan fingerprint density at radius 2 is 1.61 bits per heavy atom. The molecule has 0 N–H and O–H groups in total. The van der Waals surface area contributed by atoms with Crippen molar-refractivity contribution in [1.29, 1.82) is 0 Å². The molecule has 0 aromatic heterocycles. The molecule has 1 atom stereocenters. The van der Waals surface area contributed by atoms with Crippen molar-refractivity contribution in [3.63, 3.8) is 0 Å². The zero-order chi connectivity index (χ0) is 17.0. The Balaban J connectivity index is 2.30. The van der Waals surface area contributed by atoms with Crippen molar-refractivity contribution in [2.24, 2.45) is 0 Å². The highest BCUT2D eigenvalue weighted by Gasteiger charge is 2.27. The molecule has 120 valence electrons. The van der Waals surface area contributed by atoms with Crippen LogP contribution >= 0.6 is 34.8 Å². The first kappa shape index (κ1) is 17.8. The molecule has 0 saturated carbocycles. The molecule has 0 radical (unpaired) electrons. The van der Waals surface area contributed by atoms with Crippen LogP contribution in [0.2, 0.25) is 15.1 Å². The summed E-state index contributed by atoms with van der Waals surface area (Å²) in [5.74, 6) is -1.53. The molecular weight excluding hydrogens is 359 g/mol. The molecule has 0 saturated heterocycles. The second-order valence-electron chi connectivity index (χ2n) is 4.88. The van der Waals surface area contributed by atoms with Gasteiger partial charge < -0.3 is 4.74 Å². The highest BCUT2D eigenvalue weighted by Crippen LogP contribution is 2.31. The van der Waals surface area contributed by atoms with Gasteiger partial charge in [0.2, 0.25) is 0 Å². The van der Waals surface area contributed by atoms with Crippen molar-refractivity contribution in [2.45, 2.75) is 12.3 Å². The van der Waals surface area contributed by atoms with Crippen LogP contribution in [-0.4, -0.2) is 18.9 Å². The number of hydrogen-bond donors (Lipinski definition) is 0. The molecule has 0 aliphatic carbocycles. The van der Waals surface area contributed by atoms with Crippen LogP contribution in [0, 0.1) is 0 Å². The van der Waals surface area contributed by atoms with Gasteiger partial charge in [0.15, 0.2) is 5.78 Å². The molecule has 0 spiro atoms. The van der Waals surface area contributed by atoms with Crippen LogP contribution in [0.3, 0.4) is 0 Å². The molecule has 2 aromatic rings. The fraction of sp³-hybridized carbons (Fsp3) is 0.176. The molecule has 0 unspecified atom stereocenters. The zero-order valence-electron chi connectivity index (χ0n) is 12.2. The van der Waals surface area contributed by atoms with Crippen molar-refractivity contribution >= 4 is 46.6 Å². The lowest BCUT2D eigenvalue weighted by molar-refractivity contribution is -0.142. The molecule has 0 aliphatic rings. The standard InChI is InChI=1S/C17H13Cl3O3/c1-23-17(22)14(13-7-6-12(19)8-15(13)20)9-16(21)10-2-4-11(18)5-3-10/h2-8,14H,9H2,1H3/t14-/m1/s1. The Morgan fingerprint density at radius 3 is 2.17 bits per heavy atom. The second-order valence-corrected chi connectivity index (χ2v) is 6.16. The lowest BCUT2D eigenvalue weighted by atomic mass is 9.91. The quantitative estimate of drug-likeness (QED) is 0.537. The Labute approximate surface area is 149 Å². The first-order valence-electron chi connectivity index (χ1n) is 6.74. The first-order valence-corrected chi connectivity index (χ1v) is 7.87. The van der Waals surface area contributed by atoms with Crippen molar-refractivity contribution in [1.82, 2.24) is 0 Å². The van der Waals surface area contributed by atoms with Crippen LogP contribution in [0.15, 0.2) is 42.5 Å². The number of ether oxygens (including phenoxy) is 1. The number of carbonyl (C=O) groups is 2. The van der Waals surface area contributed by atoms with Crippen molar-refractivity contribution < 1.29 is 14.3 Å². The van der Waals surface area contributed by atoms with Crippen molar-refractivity contribution in [3.8, 4) is 0 Å². The number of rotatable bonds is 5. The zero-order valence-corrected chi connectivity index (χ0v) is 14.5. The van der Waals surface area contributed by atoms with Gasteiger partial charge in [0.25, 0.3) is 0 Å². The van der Waals surface area contributed by atoms with E-state index in [1.165, 1.54) is 13.2 Å². The third-order valence-electron chi connectivity index (χ3n) is 3.38. The molecule has 2 rings (SSSR count). The Kier molecular flexibility index (Phi) is 6.05. The molecule has 0 amide bonds. The lowest BCUT2D eigenvalue weighted by Crippen LogP contribution is -2.18. The summed E-state index contributed by atoms with van der Waals surface area (Å²) >= 11 is 17.8. The molecule has 0 fully saturated rings. The third kappa shape index (κ3) is 4.47. The summed E-state index contributed by atoms with van der Waals surface area (Å²) in [6.45, 7) is 0. The summed E-state index contributed by atoms with van der Waals surface area (Å²) in [6, 6.07) is 11.2. The summed E-state index contributed by atoms with van der Waals surface area (Å²) in [5.41, 5.74) is 0.971. The van der Waals surface area contributed by atoms with E-state index in [4.69, 9.17) is 39.5 Å². The highest BCUT2D eigenvalue weighted by molar-refractivity contribution is 6.35. The van der Waals surface area contributed by atoms with E-state index in [1.54, 1.807) is 36.4 Å². The van der Waals surface area contributed by atoms with Gasteiger partial charge >= 0.3 is 5.97 Å². The fourth-order valence-corrected chi connectivity index (χ4v) is 2.85. The predicted molar refractivity (Wildman–Crippen MR) is 91.6 cm³/mol. The van der Waals surface area contributed by atoms with Crippen LogP contribution in [0.1, 0.15) is 28.3 Å². The van der Waals surface area contributed by atoms with E-state index < -0.39 is 11.9 Å². The average Bonchev–Trinajstić information content (AvgIpc) is 2.53. The Hall–Kier alpha value is -1.55. The predicted octanol–water partition coefficient (Wildman–Crippen LogP) is 5.18. The van der Waals surface area contributed by atoms with Gasteiger partial charge in [-0.3, -0.25) is 9.59 Å². The number of methoxy groups -OCH3 is 1. The minimum absolute atomic E-state index is 0.0599. The molecule has 6 heteroatoms. The van der Waals surface area contributed by atoms with E-state index in [0.717, 1.165) is 0 Å². The van der Waals surface area contributed by atoms with E-state index >= 15 is 0 Å². The van der Waals surface area contributed by atoms with E-state index in [2.05, 4.69) is 0 Å². The number of benzene rings is 2. The van der Waals surface area contributed by atoms with Crippen molar-refractivity contribution in [3.05, 3.63) is 68.7 Å². The third-order valence-corrected chi connectivity index (χ3v) is 4.19. The SMILES string of the molecule is COC(=O)[C@H](CC(=O)c1ccc(Cl)cc1)c1ccc(Cl)cc1Cl. The molecule has 2 aromatic carbocycles. The Morgan fingerprint density at radius 1 is 1.00 bits per heavy atom. The van der Waals surface area contributed by atoms with E-state index in [9.17, 15) is 9.59 Å². The fourth-order valence-electron chi connectivity index (χ4n) is 2.19. The average molecular weight is 372 g/mol. The van der Waals surface area contributed by atoms with E-state index in [0.29, 0.717) is 26.2 Å². The molecule has 0 bridgehead atoms. The smallest absolute Gasteiger partial charge is 0.313 e. The number of carbonyl (C=O) groups excluding carboxylic acids is 2. The van der Waals surface area contributed by atoms with Gasteiger partial charge in [0, 0.05) is 27.1 Å². The van der Waals surface area contributed by atoms with Gasteiger partial charge in [-0.2, -0.15) is 0 Å². The maximum Gasteiger partial charge on any atom is 0.313 e. The van der Waals surface area contributed by atoms with Crippen LogP contribution < -0.4 is 0 Å². The van der Waals surface area contributed by atoms with Crippen LogP contribution in [0.4, 0.5) is 0 Å². The van der Waals surface area contributed by atoms with Gasteiger partial charge in [0.05, 0.1) is 13.0 Å². The second kappa shape index (κ2) is 7.82. The summed E-state index contributed by atoms with van der Waals surface area (Å²) in [6.07, 6.45) is -0.0599. The topological polar surface area (TPSA) is 43.4 Å². The van der Waals surface area contributed by atoms with Gasteiger partial charge in [-0.05, 0) is 42.0 Å². The summed E-state index contributed by atoms with van der Waals surface area (Å²) < 4.78 is 4.80. The van der Waals surface area contributed by atoms with Crippen LogP contribution in [0.25, 0.3) is 0 Å². The summed E-state index contributed by atoms with van der Waals surface area (Å²) in [4.78, 5) is 24.5. The monoisotopic (exact) mass is 370 g/mol. The highest BCUT2D eigenvalue weighted by atomic mass is 35.5. The molecule has 3 nitrogen and oxygen atoms in total. The number of halogens is 3. The van der Waals surface area contributed by atoms with Gasteiger partial charge in [-0.1, -0.05) is 40.9 Å². The number of ketones is 1. The summed E-state index contributed by atoms with van der Waals surface area (Å²) in [7, 11) is 1.27.